The molecule has 1 aromatic rings. The largest absolute Gasteiger partial charge is 0.394 e. The van der Waals surface area contributed by atoms with E-state index in [1.54, 1.807) is 19.9 Å². The molecule has 0 aliphatic rings. The van der Waals surface area contributed by atoms with E-state index in [1.807, 2.05) is 20.8 Å². The summed E-state index contributed by atoms with van der Waals surface area (Å²) in [5, 5.41) is 15.5. The lowest BCUT2D eigenvalue weighted by Gasteiger charge is -2.22. The lowest BCUT2D eigenvalue weighted by Crippen LogP contribution is -2.46. The van der Waals surface area contributed by atoms with Crippen LogP contribution in [0.5, 0.6) is 0 Å². The highest BCUT2D eigenvalue weighted by Gasteiger charge is 2.25. The normalized spacial score (nSPS) is 12.6. The topological polar surface area (TPSA) is 75.4 Å². The summed E-state index contributed by atoms with van der Waals surface area (Å²) in [5.74, 6) is 0.313. The van der Waals surface area contributed by atoms with Crippen LogP contribution in [0, 0.1) is 0 Å². The Morgan fingerprint density at radius 2 is 2.00 bits per heavy atom. The van der Waals surface area contributed by atoms with Crippen LogP contribution in [0.3, 0.4) is 0 Å². The summed E-state index contributed by atoms with van der Waals surface area (Å²) in [6.45, 7) is 9.26. The minimum atomic E-state index is -0.669. The highest BCUT2D eigenvalue weighted by Crippen LogP contribution is 2.22. The van der Waals surface area contributed by atoms with Crippen molar-refractivity contribution in [2.75, 3.05) is 6.61 Å². The van der Waals surface area contributed by atoms with Crippen LogP contribution in [0.25, 0.3) is 0 Å². The molecule has 0 spiro atoms. The molecule has 0 fully saturated rings. The van der Waals surface area contributed by atoms with E-state index in [4.69, 9.17) is 9.63 Å². The van der Waals surface area contributed by atoms with Crippen LogP contribution in [-0.2, 0) is 5.41 Å². The Morgan fingerprint density at radius 1 is 1.41 bits per heavy atom. The number of nitrogens with one attached hydrogen (secondary N) is 1. The van der Waals surface area contributed by atoms with Crippen molar-refractivity contribution in [3.8, 4) is 0 Å². The molecule has 0 saturated carbocycles. The summed E-state index contributed by atoms with van der Waals surface area (Å²) >= 11 is 0. The van der Waals surface area contributed by atoms with Gasteiger partial charge in [-0.2, -0.15) is 0 Å². The van der Waals surface area contributed by atoms with E-state index >= 15 is 0 Å². The molecule has 0 radical (unpaired) electrons. The first-order chi connectivity index (χ1) is 7.65. The molecule has 2 N–H and O–H groups in total. The van der Waals surface area contributed by atoms with Crippen molar-refractivity contribution >= 4 is 5.91 Å². The standard InChI is InChI=1S/C12H20N2O3/c1-11(2,3)9-6-8(14-17-9)10(16)13-12(4,5)7-15/h6,15H,7H2,1-5H3,(H,13,16). The van der Waals surface area contributed by atoms with Crippen molar-refractivity contribution in [1.29, 1.82) is 0 Å². The predicted octanol–water partition coefficient (Wildman–Crippen LogP) is 1.47. The average Bonchev–Trinajstić information content (AvgIpc) is 2.65. The van der Waals surface area contributed by atoms with Crippen LogP contribution in [0.4, 0.5) is 0 Å². The lowest BCUT2D eigenvalue weighted by molar-refractivity contribution is 0.0860. The summed E-state index contributed by atoms with van der Waals surface area (Å²) in [5.41, 5.74) is -0.618. The molecule has 0 saturated heterocycles. The zero-order valence-electron chi connectivity index (χ0n) is 11.0. The Labute approximate surface area is 101 Å². The van der Waals surface area contributed by atoms with Crippen LogP contribution in [0.2, 0.25) is 0 Å². The fraction of sp³-hybridized carbons (Fsp3) is 0.667. The van der Waals surface area contributed by atoms with Crippen LogP contribution in [0.15, 0.2) is 10.6 Å². The smallest absolute Gasteiger partial charge is 0.273 e. The van der Waals surface area contributed by atoms with E-state index in [0.29, 0.717) is 5.76 Å². The van der Waals surface area contributed by atoms with Gasteiger partial charge in [-0.15, -0.1) is 0 Å². The van der Waals surface area contributed by atoms with Gasteiger partial charge in [0, 0.05) is 11.5 Å². The number of carbonyl (C=O) groups is 1. The van der Waals surface area contributed by atoms with E-state index in [-0.39, 0.29) is 23.6 Å². The van der Waals surface area contributed by atoms with Gasteiger partial charge < -0.3 is 14.9 Å². The van der Waals surface area contributed by atoms with Crippen LogP contribution >= 0.6 is 0 Å². The van der Waals surface area contributed by atoms with Gasteiger partial charge in [-0.05, 0) is 13.8 Å². The van der Waals surface area contributed by atoms with Crippen molar-refractivity contribution in [3.63, 3.8) is 0 Å². The molecule has 0 unspecified atom stereocenters. The molecule has 0 aliphatic carbocycles. The molecule has 5 heteroatoms. The first-order valence-electron chi connectivity index (χ1n) is 5.56. The third-order valence-corrected chi connectivity index (χ3v) is 2.33. The number of aliphatic hydroxyl groups excluding tert-OH is 1. The van der Waals surface area contributed by atoms with Crippen molar-refractivity contribution in [2.45, 2.75) is 45.6 Å². The van der Waals surface area contributed by atoms with Gasteiger partial charge in [0.05, 0.1) is 12.1 Å². The Hall–Kier alpha value is -1.36. The minimum Gasteiger partial charge on any atom is -0.394 e. The number of rotatable bonds is 3. The second-order valence-electron chi connectivity index (χ2n) is 5.82. The second-order valence-corrected chi connectivity index (χ2v) is 5.82. The Bertz CT molecular complexity index is 402. The van der Waals surface area contributed by atoms with Gasteiger partial charge >= 0.3 is 0 Å². The van der Waals surface area contributed by atoms with Gasteiger partial charge in [0.25, 0.3) is 5.91 Å². The van der Waals surface area contributed by atoms with Gasteiger partial charge in [0.2, 0.25) is 0 Å². The van der Waals surface area contributed by atoms with E-state index in [9.17, 15) is 4.79 Å². The fourth-order valence-electron chi connectivity index (χ4n) is 1.15. The number of hydrogen-bond donors (Lipinski definition) is 2. The SMILES string of the molecule is CC(C)(CO)NC(=O)c1cc(C(C)(C)C)on1. The maximum atomic E-state index is 11.8. The summed E-state index contributed by atoms with van der Waals surface area (Å²) in [6, 6.07) is 1.63. The minimum absolute atomic E-state index is 0.136. The van der Waals surface area contributed by atoms with E-state index < -0.39 is 5.54 Å². The molecule has 0 atom stereocenters. The Morgan fingerprint density at radius 3 is 2.41 bits per heavy atom. The number of nitrogens with zero attached hydrogens (tertiary/aromatic N) is 1. The van der Waals surface area contributed by atoms with Gasteiger partial charge in [0.15, 0.2) is 5.69 Å². The molecule has 96 valence electrons. The zero-order chi connectivity index (χ0) is 13.3. The Kier molecular flexibility index (Phi) is 3.62. The molecule has 5 nitrogen and oxygen atoms in total. The maximum Gasteiger partial charge on any atom is 0.273 e. The third-order valence-electron chi connectivity index (χ3n) is 2.33. The molecular formula is C12H20N2O3. The monoisotopic (exact) mass is 240 g/mol. The highest BCUT2D eigenvalue weighted by molar-refractivity contribution is 5.92. The predicted molar refractivity (Wildman–Crippen MR) is 63.8 cm³/mol. The van der Waals surface area contributed by atoms with E-state index in [2.05, 4.69) is 10.5 Å². The Balaban J connectivity index is 2.81. The van der Waals surface area contributed by atoms with E-state index in [0.717, 1.165) is 0 Å². The molecule has 17 heavy (non-hydrogen) atoms. The van der Waals surface area contributed by atoms with Crippen molar-refractivity contribution in [3.05, 3.63) is 17.5 Å². The summed E-state index contributed by atoms with van der Waals surface area (Å²) in [7, 11) is 0. The fourth-order valence-corrected chi connectivity index (χ4v) is 1.15. The molecular weight excluding hydrogens is 220 g/mol. The number of amides is 1. The number of aromatic nitrogens is 1. The number of carbonyl (C=O) groups excluding carboxylic acids is 1. The number of hydrogen-bond acceptors (Lipinski definition) is 4. The van der Waals surface area contributed by atoms with Gasteiger partial charge in [-0.1, -0.05) is 25.9 Å². The quantitative estimate of drug-likeness (QED) is 0.839. The first-order valence-corrected chi connectivity index (χ1v) is 5.56. The van der Waals surface area contributed by atoms with Crippen LogP contribution in [-0.4, -0.2) is 28.3 Å². The summed E-state index contributed by atoms with van der Waals surface area (Å²) in [4.78, 5) is 11.8. The van der Waals surface area contributed by atoms with Crippen molar-refractivity contribution in [1.82, 2.24) is 10.5 Å². The first kappa shape index (κ1) is 13.7. The third kappa shape index (κ3) is 3.56. The van der Waals surface area contributed by atoms with Crippen molar-refractivity contribution in [2.24, 2.45) is 0 Å². The molecule has 0 aliphatic heterocycles. The van der Waals surface area contributed by atoms with Crippen LogP contribution < -0.4 is 5.32 Å². The molecule has 1 rings (SSSR count). The van der Waals surface area contributed by atoms with Gasteiger partial charge in [-0.25, -0.2) is 0 Å². The van der Waals surface area contributed by atoms with Gasteiger partial charge in [0.1, 0.15) is 5.76 Å². The molecule has 1 amide bonds. The average molecular weight is 240 g/mol. The zero-order valence-corrected chi connectivity index (χ0v) is 11.0. The highest BCUT2D eigenvalue weighted by atomic mass is 16.5. The summed E-state index contributed by atoms with van der Waals surface area (Å²) in [6.07, 6.45) is 0. The number of aliphatic hydroxyl groups is 1. The molecule has 0 aromatic carbocycles. The maximum absolute atomic E-state index is 11.8. The van der Waals surface area contributed by atoms with E-state index in [1.165, 1.54) is 0 Å². The second kappa shape index (κ2) is 4.49. The summed E-state index contributed by atoms with van der Waals surface area (Å²) < 4.78 is 5.13. The van der Waals surface area contributed by atoms with Crippen LogP contribution in [0.1, 0.15) is 50.9 Å². The lowest BCUT2D eigenvalue weighted by atomic mass is 9.93. The molecule has 1 aromatic heterocycles. The molecule has 1 heterocycles. The van der Waals surface area contributed by atoms with Gasteiger partial charge in [-0.3, -0.25) is 4.79 Å². The van der Waals surface area contributed by atoms with Crippen molar-refractivity contribution < 1.29 is 14.4 Å². The molecule has 0 bridgehead atoms.